The minimum Gasteiger partial charge on any atom is -0.372 e. The zero-order valence-electron chi connectivity index (χ0n) is 8.69. The minimum absolute atomic E-state index is 1.20. The van der Waals surface area contributed by atoms with Gasteiger partial charge in [-0.05, 0) is 36.4 Å². The van der Waals surface area contributed by atoms with Gasteiger partial charge >= 0.3 is 0 Å². The largest absolute Gasteiger partial charge is 0.372 e. The van der Waals surface area contributed by atoms with Gasteiger partial charge in [-0.1, -0.05) is 6.07 Å². The summed E-state index contributed by atoms with van der Waals surface area (Å²) >= 11 is 0. The maximum atomic E-state index is 4.16. The summed E-state index contributed by atoms with van der Waals surface area (Å²) < 4.78 is 0. The summed E-state index contributed by atoms with van der Waals surface area (Å²) in [6.45, 7) is 2.40. The molecule has 0 saturated carbocycles. The molecule has 2 nitrogen and oxygen atoms in total. The Morgan fingerprint density at radius 3 is 2.73 bits per heavy atom. The normalized spacial score (nSPS) is 16.1. The molecule has 15 heavy (non-hydrogen) atoms. The van der Waals surface area contributed by atoms with Crippen LogP contribution in [-0.4, -0.2) is 18.1 Å². The van der Waals surface area contributed by atoms with E-state index in [9.17, 15) is 0 Å². The van der Waals surface area contributed by atoms with Gasteiger partial charge in [0.15, 0.2) is 0 Å². The Morgan fingerprint density at radius 1 is 1.00 bits per heavy atom. The highest BCUT2D eigenvalue weighted by molar-refractivity contribution is 5.85. The molecular formula is C13H14N2. The highest BCUT2D eigenvalue weighted by Gasteiger charge is 2.11. The highest BCUT2D eigenvalue weighted by atomic mass is 15.1. The molecule has 3 rings (SSSR count). The molecule has 0 atom stereocenters. The average molecular weight is 198 g/mol. The fourth-order valence-electron chi connectivity index (χ4n) is 2.24. The summed E-state index contributed by atoms with van der Waals surface area (Å²) in [7, 11) is 0. The number of hydrogen-bond acceptors (Lipinski definition) is 2. The van der Waals surface area contributed by atoms with Gasteiger partial charge in [0.05, 0.1) is 0 Å². The Hall–Kier alpha value is -1.57. The van der Waals surface area contributed by atoms with Crippen molar-refractivity contribution in [1.29, 1.82) is 0 Å². The van der Waals surface area contributed by atoms with Crippen molar-refractivity contribution in [3.8, 4) is 0 Å². The lowest BCUT2D eigenvalue weighted by molar-refractivity contribution is 0.949. The van der Waals surface area contributed by atoms with Crippen LogP contribution in [0.15, 0.2) is 36.7 Å². The maximum absolute atomic E-state index is 4.16. The summed E-state index contributed by atoms with van der Waals surface area (Å²) in [6.07, 6.45) is 6.43. The summed E-state index contributed by atoms with van der Waals surface area (Å²) in [5.41, 5.74) is 1.34. The van der Waals surface area contributed by atoms with Crippen LogP contribution in [-0.2, 0) is 0 Å². The van der Waals surface area contributed by atoms with Crippen LogP contribution in [0.4, 0.5) is 5.69 Å². The van der Waals surface area contributed by atoms with Crippen LogP contribution >= 0.6 is 0 Å². The van der Waals surface area contributed by atoms with Gasteiger partial charge in [0, 0.05) is 36.6 Å². The molecular weight excluding hydrogens is 184 g/mol. The van der Waals surface area contributed by atoms with Gasteiger partial charge in [-0.25, -0.2) is 0 Å². The number of nitrogens with zero attached hydrogens (tertiary/aromatic N) is 2. The Bertz CT molecular complexity index is 473. The second-order valence-corrected chi connectivity index (χ2v) is 4.10. The third kappa shape index (κ3) is 1.56. The predicted octanol–water partition coefficient (Wildman–Crippen LogP) is 2.84. The Morgan fingerprint density at radius 2 is 1.87 bits per heavy atom. The van der Waals surface area contributed by atoms with Crippen LogP contribution < -0.4 is 4.90 Å². The topological polar surface area (TPSA) is 16.1 Å². The van der Waals surface area contributed by atoms with E-state index in [0.29, 0.717) is 0 Å². The summed E-state index contributed by atoms with van der Waals surface area (Å²) in [6, 6.07) is 8.70. The van der Waals surface area contributed by atoms with Crippen molar-refractivity contribution < 1.29 is 0 Å². The molecule has 0 spiro atoms. The van der Waals surface area contributed by atoms with Crippen molar-refractivity contribution in [3.63, 3.8) is 0 Å². The summed E-state index contributed by atoms with van der Waals surface area (Å²) in [4.78, 5) is 6.61. The molecule has 0 bridgehead atoms. The Balaban J connectivity index is 2.05. The van der Waals surface area contributed by atoms with Gasteiger partial charge in [0.1, 0.15) is 0 Å². The number of pyridine rings is 1. The minimum atomic E-state index is 1.20. The van der Waals surface area contributed by atoms with Gasteiger partial charge in [-0.3, -0.25) is 4.98 Å². The first-order chi connectivity index (χ1) is 7.43. The monoisotopic (exact) mass is 198 g/mol. The second-order valence-electron chi connectivity index (χ2n) is 4.10. The first kappa shape index (κ1) is 8.72. The lowest BCUT2D eigenvalue weighted by Gasteiger charge is -2.17. The number of fused-ring (bicyclic) bond motifs is 1. The third-order valence-corrected chi connectivity index (χ3v) is 3.10. The standard InChI is InChI=1S/C13H14N2/c1-2-8-15(7-1)13-4-3-11-5-6-14-10-12(11)9-13/h3-6,9-10H,1-2,7-8H2. The van der Waals surface area contributed by atoms with Gasteiger partial charge in [-0.15, -0.1) is 0 Å². The van der Waals surface area contributed by atoms with Crippen molar-refractivity contribution in [2.75, 3.05) is 18.0 Å². The van der Waals surface area contributed by atoms with E-state index in [1.165, 1.54) is 42.4 Å². The quantitative estimate of drug-likeness (QED) is 0.700. The molecule has 76 valence electrons. The van der Waals surface area contributed by atoms with Gasteiger partial charge in [-0.2, -0.15) is 0 Å². The van der Waals surface area contributed by atoms with E-state index < -0.39 is 0 Å². The van der Waals surface area contributed by atoms with Crippen molar-refractivity contribution in [2.24, 2.45) is 0 Å². The van der Waals surface area contributed by atoms with Crippen LogP contribution in [0.5, 0.6) is 0 Å². The molecule has 1 aromatic heterocycles. The predicted molar refractivity (Wildman–Crippen MR) is 63.2 cm³/mol. The van der Waals surface area contributed by atoms with Crippen LogP contribution in [0.1, 0.15) is 12.8 Å². The van der Waals surface area contributed by atoms with Crippen molar-refractivity contribution in [1.82, 2.24) is 4.98 Å². The second kappa shape index (κ2) is 3.54. The number of aromatic nitrogens is 1. The SMILES string of the molecule is c1cc2ccc(N3CCCC3)cc2cn1. The van der Waals surface area contributed by atoms with E-state index in [-0.39, 0.29) is 0 Å². The van der Waals surface area contributed by atoms with E-state index in [0.717, 1.165) is 0 Å². The zero-order valence-corrected chi connectivity index (χ0v) is 8.69. The van der Waals surface area contributed by atoms with Crippen molar-refractivity contribution in [2.45, 2.75) is 12.8 Å². The third-order valence-electron chi connectivity index (χ3n) is 3.10. The lowest BCUT2D eigenvalue weighted by atomic mass is 10.1. The molecule has 1 saturated heterocycles. The first-order valence-electron chi connectivity index (χ1n) is 5.52. The van der Waals surface area contributed by atoms with E-state index in [2.05, 4.69) is 34.1 Å². The van der Waals surface area contributed by atoms with Gasteiger partial charge in [0.2, 0.25) is 0 Å². The number of anilines is 1. The molecule has 1 aromatic carbocycles. The molecule has 1 aliphatic heterocycles. The molecule has 2 heteroatoms. The van der Waals surface area contributed by atoms with Crippen LogP contribution in [0.2, 0.25) is 0 Å². The van der Waals surface area contributed by atoms with E-state index in [1.54, 1.807) is 0 Å². The zero-order chi connectivity index (χ0) is 10.1. The summed E-state index contributed by atoms with van der Waals surface area (Å²) in [5, 5.41) is 2.51. The average Bonchev–Trinajstić information content (AvgIpc) is 2.82. The molecule has 2 aromatic rings. The van der Waals surface area contributed by atoms with Crippen LogP contribution in [0.3, 0.4) is 0 Å². The van der Waals surface area contributed by atoms with Crippen molar-refractivity contribution >= 4 is 16.5 Å². The van der Waals surface area contributed by atoms with Crippen LogP contribution in [0, 0.1) is 0 Å². The smallest absolute Gasteiger partial charge is 0.0373 e. The molecule has 0 unspecified atom stereocenters. The van der Waals surface area contributed by atoms with Gasteiger partial charge < -0.3 is 4.90 Å². The van der Waals surface area contributed by atoms with E-state index >= 15 is 0 Å². The lowest BCUT2D eigenvalue weighted by Crippen LogP contribution is -2.17. The molecule has 1 fully saturated rings. The van der Waals surface area contributed by atoms with Crippen LogP contribution in [0.25, 0.3) is 10.8 Å². The molecule has 0 N–H and O–H groups in total. The maximum Gasteiger partial charge on any atom is 0.0373 e. The fourth-order valence-corrected chi connectivity index (χ4v) is 2.24. The van der Waals surface area contributed by atoms with E-state index in [4.69, 9.17) is 0 Å². The molecule has 2 heterocycles. The number of hydrogen-bond donors (Lipinski definition) is 0. The molecule has 1 aliphatic rings. The Kier molecular flexibility index (Phi) is 2.05. The highest BCUT2D eigenvalue weighted by Crippen LogP contribution is 2.24. The van der Waals surface area contributed by atoms with E-state index in [1.807, 2.05) is 12.4 Å². The molecule has 0 amide bonds. The molecule has 0 aliphatic carbocycles. The molecule has 0 radical (unpaired) electrons. The fraction of sp³-hybridized carbons (Fsp3) is 0.308. The number of rotatable bonds is 1. The number of benzene rings is 1. The first-order valence-corrected chi connectivity index (χ1v) is 5.52. The van der Waals surface area contributed by atoms with Gasteiger partial charge in [0.25, 0.3) is 0 Å². The summed E-state index contributed by atoms with van der Waals surface area (Å²) in [5.74, 6) is 0. The van der Waals surface area contributed by atoms with Crippen molar-refractivity contribution in [3.05, 3.63) is 36.7 Å². The Labute approximate surface area is 89.5 Å².